The largest absolute Gasteiger partial charge is 0.468 e. The summed E-state index contributed by atoms with van der Waals surface area (Å²) in [5, 5.41) is 3.05. The number of thioether (sulfide) groups is 1. The van der Waals surface area contributed by atoms with E-state index in [1.54, 1.807) is 18.0 Å². The topological polar surface area (TPSA) is 78.7 Å². The van der Waals surface area contributed by atoms with Crippen LogP contribution in [0.2, 0.25) is 0 Å². The molecule has 0 radical (unpaired) electrons. The quantitative estimate of drug-likeness (QED) is 0.392. The van der Waals surface area contributed by atoms with Gasteiger partial charge in [0.25, 0.3) is 5.91 Å². The van der Waals surface area contributed by atoms with Crippen molar-refractivity contribution in [2.75, 3.05) is 44.4 Å². The van der Waals surface area contributed by atoms with E-state index in [1.807, 2.05) is 79.3 Å². The lowest BCUT2D eigenvalue weighted by molar-refractivity contribution is -0.131. The summed E-state index contributed by atoms with van der Waals surface area (Å²) in [4.78, 5) is 34.7. The van der Waals surface area contributed by atoms with E-state index in [2.05, 4.69) is 5.32 Å². The van der Waals surface area contributed by atoms with Crippen LogP contribution in [0.25, 0.3) is 0 Å². The van der Waals surface area contributed by atoms with Crippen molar-refractivity contribution in [3.8, 4) is 0 Å². The minimum atomic E-state index is -0.0826. The number of benzene rings is 1. The zero-order valence-corrected chi connectivity index (χ0v) is 22.7. The standard InChI is InChI=1S/C29H36N4O3S/c1-21-6-11-26(29(35)30-14-18-37-20-25-5-4-17-36-25)28(31-21)23-12-15-33(16-13-23)27(34)19-22-7-9-24(10-8-22)32(2)3/h4-11,17,23H,12-16,18-20H2,1-3H3,(H,30,35). The Morgan fingerprint density at radius 1 is 1.11 bits per heavy atom. The monoisotopic (exact) mass is 520 g/mol. The van der Waals surface area contributed by atoms with Gasteiger partial charge in [0.05, 0.1) is 29.7 Å². The van der Waals surface area contributed by atoms with Crippen LogP contribution in [0.15, 0.2) is 59.2 Å². The lowest BCUT2D eigenvalue weighted by atomic mass is 9.89. The summed E-state index contributed by atoms with van der Waals surface area (Å²) >= 11 is 1.72. The summed E-state index contributed by atoms with van der Waals surface area (Å²) in [5.41, 5.74) is 4.55. The fourth-order valence-corrected chi connectivity index (χ4v) is 5.34. The third kappa shape index (κ3) is 7.38. The van der Waals surface area contributed by atoms with Crippen molar-refractivity contribution in [3.05, 3.63) is 83.1 Å². The van der Waals surface area contributed by atoms with Crippen LogP contribution in [0.5, 0.6) is 0 Å². The number of likely N-dealkylation sites (tertiary alicyclic amines) is 1. The number of piperidine rings is 1. The average molecular weight is 521 g/mol. The number of hydrogen-bond acceptors (Lipinski definition) is 6. The van der Waals surface area contributed by atoms with Gasteiger partial charge in [-0.3, -0.25) is 14.6 Å². The molecule has 0 unspecified atom stereocenters. The number of aromatic nitrogens is 1. The molecule has 7 nitrogen and oxygen atoms in total. The number of hydrogen-bond donors (Lipinski definition) is 1. The SMILES string of the molecule is Cc1ccc(C(=O)NCCSCc2ccco2)c(C2CCN(C(=O)Cc3ccc(N(C)C)cc3)CC2)n1. The van der Waals surface area contributed by atoms with Crippen LogP contribution in [-0.2, 0) is 17.0 Å². The fraction of sp³-hybridized carbons (Fsp3) is 0.414. The smallest absolute Gasteiger partial charge is 0.253 e. The summed E-state index contributed by atoms with van der Waals surface area (Å²) in [6, 6.07) is 15.8. The highest BCUT2D eigenvalue weighted by Gasteiger charge is 2.28. The second kappa shape index (κ2) is 12.8. The van der Waals surface area contributed by atoms with Crippen LogP contribution in [0.1, 0.15) is 51.8 Å². The molecule has 1 N–H and O–H groups in total. The molecule has 0 spiro atoms. The van der Waals surface area contributed by atoms with Gasteiger partial charge in [-0.15, -0.1) is 0 Å². The van der Waals surface area contributed by atoms with E-state index in [-0.39, 0.29) is 17.7 Å². The van der Waals surface area contributed by atoms with E-state index in [0.29, 0.717) is 31.6 Å². The van der Waals surface area contributed by atoms with Crippen LogP contribution in [0.3, 0.4) is 0 Å². The number of nitrogens with zero attached hydrogens (tertiary/aromatic N) is 3. The van der Waals surface area contributed by atoms with Crippen molar-refractivity contribution in [3.63, 3.8) is 0 Å². The van der Waals surface area contributed by atoms with Gasteiger partial charge in [0, 0.05) is 56.8 Å². The number of amides is 2. The van der Waals surface area contributed by atoms with E-state index in [4.69, 9.17) is 9.40 Å². The summed E-state index contributed by atoms with van der Waals surface area (Å²) in [7, 11) is 4.01. The second-order valence-corrected chi connectivity index (χ2v) is 10.8. The van der Waals surface area contributed by atoms with Crippen LogP contribution in [-0.4, -0.2) is 61.2 Å². The zero-order chi connectivity index (χ0) is 26.2. The molecule has 2 aromatic heterocycles. The molecule has 196 valence electrons. The Labute approximate surface area is 223 Å². The maximum absolute atomic E-state index is 13.0. The van der Waals surface area contributed by atoms with Gasteiger partial charge in [-0.1, -0.05) is 12.1 Å². The van der Waals surface area contributed by atoms with Gasteiger partial charge in [0.1, 0.15) is 5.76 Å². The molecule has 0 bridgehead atoms. The summed E-state index contributed by atoms with van der Waals surface area (Å²) in [5.74, 6) is 2.77. The Kier molecular flexibility index (Phi) is 9.28. The van der Waals surface area contributed by atoms with Crippen LogP contribution in [0, 0.1) is 6.92 Å². The third-order valence-corrected chi connectivity index (χ3v) is 7.69. The summed E-state index contributed by atoms with van der Waals surface area (Å²) in [6.07, 6.45) is 3.70. The molecule has 0 saturated carbocycles. The van der Waals surface area contributed by atoms with Gasteiger partial charge >= 0.3 is 0 Å². The first kappa shape index (κ1) is 26.8. The molecule has 1 aromatic carbocycles. The van der Waals surface area contributed by atoms with Gasteiger partial charge in [-0.05, 0) is 61.7 Å². The zero-order valence-electron chi connectivity index (χ0n) is 21.9. The number of nitrogens with one attached hydrogen (secondary N) is 1. The highest BCUT2D eigenvalue weighted by molar-refractivity contribution is 7.98. The molecule has 2 amide bonds. The van der Waals surface area contributed by atoms with Crippen molar-refractivity contribution in [2.24, 2.45) is 0 Å². The van der Waals surface area contributed by atoms with E-state index < -0.39 is 0 Å². The number of rotatable bonds is 10. The molecule has 1 aliphatic rings. The minimum Gasteiger partial charge on any atom is -0.468 e. The van der Waals surface area contributed by atoms with E-state index in [0.717, 1.165) is 52.7 Å². The molecule has 3 heterocycles. The maximum atomic E-state index is 13.0. The molecule has 1 saturated heterocycles. The fourth-order valence-electron chi connectivity index (χ4n) is 4.58. The molecule has 0 aliphatic carbocycles. The van der Waals surface area contributed by atoms with Crippen LogP contribution >= 0.6 is 11.8 Å². The van der Waals surface area contributed by atoms with Gasteiger partial charge in [0.15, 0.2) is 0 Å². The predicted octanol–water partition coefficient (Wildman–Crippen LogP) is 4.66. The normalized spacial score (nSPS) is 14.0. The molecule has 37 heavy (non-hydrogen) atoms. The van der Waals surface area contributed by atoms with Crippen molar-refractivity contribution in [1.82, 2.24) is 15.2 Å². The average Bonchev–Trinajstić information content (AvgIpc) is 3.42. The van der Waals surface area contributed by atoms with Crippen LogP contribution in [0.4, 0.5) is 5.69 Å². The van der Waals surface area contributed by atoms with Gasteiger partial charge in [-0.25, -0.2) is 0 Å². The summed E-state index contributed by atoms with van der Waals surface area (Å²) < 4.78 is 5.35. The molecule has 0 atom stereocenters. The number of furan rings is 1. The Balaban J connectivity index is 1.29. The lowest BCUT2D eigenvalue weighted by Gasteiger charge is -2.32. The predicted molar refractivity (Wildman–Crippen MR) is 149 cm³/mol. The Morgan fingerprint density at radius 2 is 1.86 bits per heavy atom. The lowest BCUT2D eigenvalue weighted by Crippen LogP contribution is -2.39. The number of aryl methyl sites for hydroxylation is 1. The van der Waals surface area contributed by atoms with Crippen molar-refractivity contribution in [2.45, 2.75) is 37.9 Å². The Morgan fingerprint density at radius 3 is 2.54 bits per heavy atom. The number of carbonyl (C=O) groups is 2. The minimum absolute atomic E-state index is 0.0826. The maximum Gasteiger partial charge on any atom is 0.253 e. The first-order chi connectivity index (χ1) is 17.9. The van der Waals surface area contributed by atoms with Gasteiger partial charge in [-0.2, -0.15) is 11.8 Å². The summed E-state index contributed by atoms with van der Waals surface area (Å²) in [6.45, 7) is 3.90. The molecule has 1 aliphatic heterocycles. The van der Waals surface area contributed by atoms with Crippen molar-refractivity contribution < 1.29 is 14.0 Å². The highest BCUT2D eigenvalue weighted by atomic mass is 32.2. The van der Waals surface area contributed by atoms with Crippen molar-refractivity contribution >= 4 is 29.3 Å². The first-order valence-corrected chi connectivity index (χ1v) is 14.0. The van der Waals surface area contributed by atoms with E-state index in [9.17, 15) is 9.59 Å². The first-order valence-electron chi connectivity index (χ1n) is 12.8. The molecular formula is C29H36N4O3S. The van der Waals surface area contributed by atoms with Crippen molar-refractivity contribution in [1.29, 1.82) is 0 Å². The number of anilines is 1. The molecule has 1 fully saturated rings. The highest BCUT2D eigenvalue weighted by Crippen LogP contribution is 2.30. The number of pyridine rings is 1. The number of carbonyl (C=O) groups excluding carboxylic acids is 2. The van der Waals surface area contributed by atoms with E-state index >= 15 is 0 Å². The molecule has 8 heteroatoms. The van der Waals surface area contributed by atoms with Gasteiger partial charge < -0.3 is 19.5 Å². The molecule has 3 aromatic rings. The van der Waals surface area contributed by atoms with Crippen LogP contribution < -0.4 is 10.2 Å². The van der Waals surface area contributed by atoms with Gasteiger partial charge in [0.2, 0.25) is 5.91 Å². The second-order valence-electron chi connectivity index (χ2n) is 9.67. The molecular weight excluding hydrogens is 484 g/mol. The molecule has 4 rings (SSSR count). The van der Waals surface area contributed by atoms with E-state index in [1.165, 1.54) is 0 Å². The Bertz CT molecular complexity index is 1170. The third-order valence-electron chi connectivity index (χ3n) is 6.71. The Hall–Kier alpha value is -3.26.